The van der Waals surface area contributed by atoms with Crippen LogP contribution in [0, 0.1) is 11.3 Å². The van der Waals surface area contributed by atoms with Crippen LogP contribution in [0.15, 0.2) is 58.3 Å². The molecule has 2 aromatic carbocycles. The number of amides is 1. The zero-order valence-corrected chi connectivity index (χ0v) is 13.6. The summed E-state index contributed by atoms with van der Waals surface area (Å²) in [5, 5.41) is 22.1. The first kappa shape index (κ1) is 16.5. The SMILES string of the molecule is N#C/C(=C\c1ccc(O)cc1)C(=O)Nc1ccc2c(c1)S(=O)(=O)C=C2. The average molecular weight is 352 g/mol. The number of rotatable bonds is 3. The molecule has 0 bridgehead atoms. The van der Waals surface area contributed by atoms with Crippen LogP contribution < -0.4 is 5.32 Å². The second kappa shape index (κ2) is 6.26. The van der Waals surface area contributed by atoms with Crippen molar-refractivity contribution >= 4 is 33.6 Å². The normalized spacial score (nSPS) is 14.6. The number of fused-ring (bicyclic) bond motifs is 1. The molecule has 0 unspecified atom stereocenters. The van der Waals surface area contributed by atoms with Crippen LogP contribution in [0.1, 0.15) is 11.1 Å². The van der Waals surface area contributed by atoms with Crippen LogP contribution in [0.3, 0.4) is 0 Å². The third-order valence-electron chi connectivity index (χ3n) is 3.57. The van der Waals surface area contributed by atoms with E-state index in [1.165, 1.54) is 30.4 Å². The molecule has 0 radical (unpaired) electrons. The highest BCUT2D eigenvalue weighted by Crippen LogP contribution is 2.29. The largest absolute Gasteiger partial charge is 0.508 e. The lowest BCUT2D eigenvalue weighted by atomic mass is 10.1. The molecule has 1 aliphatic rings. The molecule has 0 saturated heterocycles. The van der Waals surface area contributed by atoms with Crippen LogP contribution in [0.2, 0.25) is 0 Å². The molecule has 2 N–H and O–H groups in total. The molecule has 0 saturated carbocycles. The van der Waals surface area contributed by atoms with Gasteiger partial charge in [0.25, 0.3) is 5.91 Å². The Morgan fingerprint density at radius 1 is 1.16 bits per heavy atom. The van der Waals surface area contributed by atoms with Gasteiger partial charge in [0.05, 0.1) is 4.90 Å². The predicted molar refractivity (Wildman–Crippen MR) is 93.0 cm³/mol. The molecule has 3 rings (SSSR count). The Labute approximate surface area is 144 Å². The number of aromatic hydroxyl groups is 1. The predicted octanol–water partition coefficient (Wildman–Crippen LogP) is 2.70. The van der Waals surface area contributed by atoms with E-state index in [9.17, 15) is 23.6 Å². The summed E-state index contributed by atoms with van der Waals surface area (Å²) < 4.78 is 23.7. The number of phenolic OH excluding ortho intramolecular Hbond substituents is 1. The lowest BCUT2D eigenvalue weighted by Gasteiger charge is -2.07. The van der Waals surface area contributed by atoms with Crippen LogP contribution in [0.25, 0.3) is 12.2 Å². The van der Waals surface area contributed by atoms with Crippen molar-refractivity contribution in [3.05, 3.63) is 64.6 Å². The summed E-state index contributed by atoms with van der Waals surface area (Å²) in [5.41, 5.74) is 1.26. The van der Waals surface area contributed by atoms with Crippen molar-refractivity contribution in [1.29, 1.82) is 5.26 Å². The fraction of sp³-hybridized carbons (Fsp3) is 0. The van der Waals surface area contributed by atoms with Crippen LogP contribution in [-0.2, 0) is 14.6 Å². The maximum Gasteiger partial charge on any atom is 0.266 e. The third-order valence-corrected chi connectivity index (χ3v) is 5.03. The van der Waals surface area contributed by atoms with Crippen LogP contribution >= 0.6 is 0 Å². The number of carbonyl (C=O) groups is 1. The molecule has 7 heteroatoms. The van der Waals surface area contributed by atoms with E-state index < -0.39 is 15.7 Å². The fourth-order valence-corrected chi connectivity index (χ4v) is 3.54. The Bertz CT molecular complexity index is 1060. The molecule has 25 heavy (non-hydrogen) atoms. The molecular formula is C18H12N2O4S. The van der Waals surface area contributed by atoms with E-state index in [-0.39, 0.29) is 21.9 Å². The van der Waals surface area contributed by atoms with Crippen molar-refractivity contribution in [2.75, 3.05) is 5.32 Å². The van der Waals surface area contributed by atoms with Gasteiger partial charge >= 0.3 is 0 Å². The molecule has 124 valence electrons. The van der Waals surface area contributed by atoms with E-state index in [0.29, 0.717) is 11.1 Å². The second-order valence-electron chi connectivity index (χ2n) is 5.32. The van der Waals surface area contributed by atoms with Gasteiger partial charge in [-0.15, -0.1) is 0 Å². The van der Waals surface area contributed by atoms with Gasteiger partial charge in [-0.3, -0.25) is 4.79 Å². The molecule has 0 aromatic heterocycles. The fourth-order valence-electron chi connectivity index (χ4n) is 2.32. The van der Waals surface area contributed by atoms with E-state index in [2.05, 4.69) is 5.32 Å². The van der Waals surface area contributed by atoms with Crippen molar-refractivity contribution in [3.8, 4) is 11.8 Å². The van der Waals surface area contributed by atoms with Crippen molar-refractivity contribution in [2.24, 2.45) is 0 Å². The summed E-state index contributed by atoms with van der Waals surface area (Å²) in [6.07, 6.45) is 2.86. The first-order valence-electron chi connectivity index (χ1n) is 7.18. The number of hydrogen-bond donors (Lipinski definition) is 2. The number of sulfone groups is 1. The summed E-state index contributed by atoms with van der Waals surface area (Å²) in [6.45, 7) is 0. The van der Waals surface area contributed by atoms with Gasteiger partial charge in [-0.2, -0.15) is 5.26 Å². The monoisotopic (exact) mass is 352 g/mol. The van der Waals surface area contributed by atoms with Crippen molar-refractivity contribution < 1.29 is 18.3 Å². The molecule has 1 heterocycles. The maximum absolute atomic E-state index is 12.3. The van der Waals surface area contributed by atoms with E-state index in [0.717, 1.165) is 5.41 Å². The van der Waals surface area contributed by atoms with Gasteiger partial charge < -0.3 is 10.4 Å². The van der Waals surface area contributed by atoms with Gasteiger partial charge in [0, 0.05) is 11.1 Å². The Hall–Kier alpha value is -3.37. The lowest BCUT2D eigenvalue weighted by Crippen LogP contribution is -2.13. The number of phenols is 1. The molecule has 1 aliphatic heterocycles. The maximum atomic E-state index is 12.3. The van der Waals surface area contributed by atoms with Crippen molar-refractivity contribution in [3.63, 3.8) is 0 Å². The highest BCUT2D eigenvalue weighted by atomic mass is 32.2. The molecular weight excluding hydrogens is 340 g/mol. The Morgan fingerprint density at radius 2 is 1.88 bits per heavy atom. The standard InChI is InChI=1S/C18H12N2O4S/c19-11-14(9-12-1-5-16(21)6-2-12)18(22)20-15-4-3-13-7-8-25(23,24)17(13)10-15/h1-10,21H,(H,20,22)/b14-9+. The molecule has 6 nitrogen and oxygen atoms in total. The van der Waals surface area contributed by atoms with Crippen LogP contribution in [-0.4, -0.2) is 19.4 Å². The Morgan fingerprint density at radius 3 is 2.56 bits per heavy atom. The Kier molecular flexibility index (Phi) is 4.13. The smallest absolute Gasteiger partial charge is 0.266 e. The number of nitriles is 1. The number of carbonyl (C=O) groups excluding carboxylic acids is 1. The molecule has 1 amide bonds. The third kappa shape index (κ3) is 3.44. The van der Waals surface area contributed by atoms with E-state index >= 15 is 0 Å². The summed E-state index contributed by atoms with van der Waals surface area (Å²) in [4.78, 5) is 12.4. The van der Waals surface area contributed by atoms with Crippen molar-refractivity contribution in [1.82, 2.24) is 0 Å². The van der Waals surface area contributed by atoms with Gasteiger partial charge in [-0.05, 0) is 47.5 Å². The van der Waals surface area contributed by atoms with Gasteiger partial charge in [-0.25, -0.2) is 8.42 Å². The second-order valence-corrected chi connectivity index (χ2v) is 7.12. The number of benzene rings is 2. The van der Waals surface area contributed by atoms with Gasteiger partial charge in [0.1, 0.15) is 17.4 Å². The summed E-state index contributed by atoms with van der Waals surface area (Å²) in [6, 6.07) is 12.3. The van der Waals surface area contributed by atoms with Gasteiger partial charge in [-0.1, -0.05) is 18.2 Å². The van der Waals surface area contributed by atoms with E-state index in [1.54, 1.807) is 24.3 Å². The molecule has 0 atom stereocenters. The van der Waals surface area contributed by atoms with Crippen LogP contribution in [0.5, 0.6) is 5.75 Å². The number of hydrogen-bond acceptors (Lipinski definition) is 5. The average Bonchev–Trinajstić information content (AvgIpc) is 2.89. The lowest BCUT2D eigenvalue weighted by molar-refractivity contribution is -0.112. The summed E-state index contributed by atoms with van der Waals surface area (Å²) >= 11 is 0. The highest BCUT2D eigenvalue weighted by Gasteiger charge is 2.21. The first-order chi connectivity index (χ1) is 11.9. The van der Waals surface area contributed by atoms with Crippen LogP contribution in [0.4, 0.5) is 5.69 Å². The molecule has 0 aliphatic carbocycles. The zero-order chi connectivity index (χ0) is 18.0. The quantitative estimate of drug-likeness (QED) is 0.652. The summed E-state index contributed by atoms with van der Waals surface area (Å²) in [5.74, 6) is -0.577. The Balaban J connectivity index is 1.84. The van der Waals surface area contributed by atoms with E-state index in [1.807, 2.05) is 6.07 Å². The first-order valence-corrected chi connectivity index (χ1v) is 8.73. The molecule has 0 fully saturated rings. The highest BCUT2D eigenvalue weighted by molar-refractivity contribution is 7.94. The minimum atomic E-state index is -3.48. The molecule has 2 aromatic rings. The number of anilines is 1. The van der Waals surface area contributed by atoms with E-state index in [4.69, 9.17) is 0 Å². The number of nitrogens with zero attached hydrogens (tertiary/aromatic N) is 1. The molecule has 0 spiro atoms. The zero-order valence-electron chi connectivity index (χ0n) is 12.8. The minimum Gasteiger partial charge on any atom is -0.508 e. The van der Waals surface area contributed by atoms with Gasteiger partial charge in [0.15, 0.2) is 0 Å². The summed E-state index contributed by atoms with van der Waals surface area (Å²) in [7, 11) is -3.48. The number of nitrogens with one attached hydrogen (secondary N) is 1. The van der Waals surface area contributed by atoms with Crippen molar-refractivity contribution in [2.45, 2.75) is 4.90 Å². The topological polar surface area (TPSA) is 107 Å². The van der Waals surface area contributed by atoms with Gasteiger partial charge in [0.2, 0.25) is 9.84 Å². The minimum absolute atomic E-state index is 0.0769.